The average Bonchev–Trinajstić information content (AvgIpc) is 2.75. The van der Waals surface area contributed by atoms with E-state index < -0.39 is 5.60 Å². The number of carbonyl (C=O) groups excluding carboxylic acids is 2. The van der Waals surface area contributed by atoms with Crippen LogP contribution in [0.3, 0.4) is 0 Å². The highest BCUT2D eigenvalue weighted by Crippen LogP contribution is 2.54. The summed E-state index contributed by atoms with van der Waals surface area (Å²) < 4.78 is 12.9. The van der Waals surface area contributed by atoms with Crippen molar-refractivity contribution >= 4 is 11.8 Å². The topological polar surface area (TPSA) is 88.1 Å². The number of aromatic hydroxyl groups is 1. The number of nitrogens with zero attached hydrogens (tertiary/aromatic N) is 1. The second kappa shape index (κ2) is 9.30. The summed E-state index contributed by atoms with van der Waals surface area (Å²) in [5.74, 6) is 1.39. The molecule has 0 bridgehead atoms. The van der Waals surface area contributed by atoms with Crippen molar-refractivity contribution in [1.82, 2.24) is 10.2 Å². The second-order valence-electron chi connectivity index (χ2n) is 10.0. The minimum absolute atomic E-state index is 0.00674. The Morgan fingerprint density at radius 1 is 1.25 bits per heavy atom. The summed E-state index contributed by atoms with van der Waals surface area (Å²) >= 11 is 0. The zero-order chi connectivity index (χ0) is 22.9. The molecule has 7 heteroatoms. The van der Waals surface area contributed by atoms with Crippen LogP contribution >= 0.6 is 0 Å². The number of benzene rings is 1. The molecule has 3 aliphatic rings. The number of likely N-dealkylation sites (tertiary alicyclic amines) is 1. The first-order valence-electron chi connectivity index (χ1n) is 11.9. The Balaban J connectivity index is 1.34. The SMILES string of the molecule is CC(=O)NCCCCCC(=O)N1CC[C@H]2O[C@H]3c4cccc(O)c4OC(C)(C)[C@@H]3C[C@H]2C1. The molecule has 0 aromatic heterocycles. The molecule has 0 aliphatic carbocycles. The average molecular weight is 445 g/mol. The smallest absolute Gasteiger partial charge is 0.222 e. The maximum absolute atomic E-state index is 12.8. The maximum Gasteiger partial charge on any atom is 0.222 e. The number of para-hydroxylation sites is 1. The van der Waals surface area contributed by atoms with Crippen molar-refractivity contribution in [3.05, 3.63) is 23.8 Å². The predicted molar refractivity (Wildman–Crippen MR) is 120 cm³/mol. The molecule has 32 heavy (non-hydrogen) atoms. The molecule has 0 spiro atoms. The molecule has 2 saturated heterocycles. The lowest BCUT2D eigenvalue weighted by atomic mass is 9.70. The first kappa shape index (κ1) is 22.9. The Hall–Kier alpha value is -2.28. The molecule has 2 fully saturated rings. The molecule has 2 N–H and O–H groups in total. The van der Waals surface area contributed by atoms with Crippen molar-refractivity contribution < 1.29 is 24.2 Å². The van der Waals surface area contributed by atoms with Crippen LogP contribution in [-0.2, 0) is 14.3 Å². The zero-order valence-corrected chi connectivity index (χ0v) is 19.4. The fourth-order valence-corrected chi connectivity index (χ4v) is 5.53. The Bertz CT molecular complexity index is 855. The van der Waals surface area contributed by atoms with Gasteiger partial charge in [0.2, 0.25) is 11.8 Å². The normalized spacial score (nSPS) is 28.0. The number of hydrogen-bond donors (Lipinski definition) is 2. The van der Waals surface area contributed by atoms with Crippen LogP contribution in [0, 0.1) is 11.8 Å². The van der Waals surface area contributed by atoms with Crippen LogP contribution in [0.1, 0.15) is 71.0 Å². The maximum atomic E-state index is 12.8. The number of amides is 2. The number of carbonyl (C=O) groups is 2. The van der Waals surface area contributed by atoms with Gasteiger partial charge in [-0.3, -0.25) is 9.59 Å². The number of phenols is 1. The largest absolute Gasteiger partial charge is 0.504 e. The quantitative estimate of drug-likeness (QED) is 0.655. The minimum atomic E-state index is -0.457. The zero-order valence-electron chi connectivity index (χ0n) is 19.4. The van der Waals surface area contributed by atoms with Crippen LogP contribution in [0.25, 0.3) is 0 Å². The third-order valence-electron chi connectivity index (χ3n) is 7.29. The van der Waals surface area contributed by atoms with Crippen molar-refractivity contribution in [1.29, 1.82) is 0 Å². The molecule has 0 unspecified atom stereocenters. The van der Waals surface area contributed by atoms with Crippen molar-refractivity contribution in [3.8, 4) is 11.5 Å². The van der Waals surface area contributed by atoms with Crippen LogP contribution in [0.4, 0.5) is 0 Å². The molecular formula is C25H36N2O5. The van der Waals surface area contributed by atoms with Gasteiger partial charge >= 0.3 is 0 Å². The van der Waals surface area contributed by atoms with Crippen molar-refractivity contribution in [2.24, 2.45) is 11.8 Å². The fraction of sp³-hybridized carbons (Fsp3) is 0.680. The van der Waals surface area contributed by atoms with E-state index >= 15 is 0 Å². The lowest BCUT2D eigenvalue weighted by Crippen LogP contribution is -2.55. The number of phenolic OH excluding ortho intramolecular Hbond substituents is 1. The van der Waals surface area contributed by atoms with Gasteiger partial charge in [0.25, 0.3) is 0 Å². The first-order chi connectivity index (χ1) is 15.3. The van der Waals surface area contributed by atoms with E-state index in [4.69, 9.17) is 9.47 Å². The van der Waals surface area contributed by atoms with E-state index in [2.05, 4.69) is 19.2 Å². The second-order valence-corrected chi connectivity index (χ2v) is 10.0. The number of fused-ring (bicyclic) bond motifs is 4. The molecule has 4 rings (SSSR count). The highest BCUT2D eigenvalue weighted by atomic mass is 16.5. The Morgan fingerprint density at radius 2 is 2.06 bits per heavy atom. The molecule has 0 radical (unpaired) electrons. The highest BCUT2D eigenvalue weighted by Gasteiger charge is 2.52. The Labute approximate surface area is 190 Å². The molecule has 3 aliphatic heterocycles. The van der Waals surface area contributed by atoms with E-state index in [0.717, 1.165) is 50.8 Å². The van der Waals surface area contributed by atoms with Gasteiger partial charge in [0.15, 0.2) is 11.5 Å². The van der Waals surface area contributed by atoms with E-state index in [0.29, 0.717) is 24.6 Å². The predicted octanol–water partition coefficient (Wildman–Crippen LogP) is 3.55. The van der Waals surface area contributed by atoms with E-state index in [9.17, 15) is 14.7 Å². The third kappa shape index (κ3) is 4.72. The Morgan fingerprint density at radius 3 is 2.84 bits per heavy atom. The van der Waals surface area contributed by atoms with Crippen molar-refractivity contribution in [3.63, 3.8) is 0 Å². The molecule has 4 atom stereocenters. The van der Waals surface area contributed by atoms with E-state index in [1.165, 1.54) is 6.92 Å². The molecule has 2 amide bonds. The van der Waals surface area contributed by atoms with Gasteiger partial charge in [0, 0.05) is 50.4 Å². The summed E-state index contributed by atoms with van der Waals surface area (Å²) in [5.41, 5.74) is 0.479. The monoisotopic (exact) mass is 444 g/mol. The third-order valence-corrected chi connectivity index (χ3v) is 7.29. The molecule has 1 aromatic rings. The van der Waals surface area contributed by atoms with Crippen LogP contribution in [-0.4, -0.2) is 53.2 Å². The first-order valence-corrected chi connectivity index (χ1v) is 11.9. The molecular weight excluding hydrogens is 408 g/mol. The van der Waals surface area contributed by atoms with E-state index in [1.54, 1.807) is 6.07 Å². The summed E-state index contributed by atoms with van der Waals surface area (Å²) in [6.07, 6.45) is 5.08. The van der Waals surface area contributed by atoms with Crippen LogP contribution < -0.4 is 10.1 Å². The number of ether oxygens (including phenoxy) is 2. The summed E-state index contributed by atoms with van der Waals surface area (Å²) in [7, 11) is 0. The molecule has 0 saturated carbocycles. The minimum Gasteiger partial charge on any atom is -0.504 e. The number of piperidine rings is 1. The summed E-state index contributed by atoms with van der Waals surface area (Å²) in [4.78, 5) is 25.7. The molecule has 176 valence electrons. The standard InChI is InChI=1S/C25H36N2O5/c1-16(28)26-12-6-4-5-10-22(30)27-13-11-21-17(15-27)14-19-23(31-21)18-8-7-9-20(29)24(18)32-25(19,2)3/h7-9,17,19,21,23,29H,4-6,10-15H2,1-3H3,(H,26,28)/t17-,19+,21+,23-/m0/s1. The molecule has 7 nitrogen and oxygen atoms in total. The van der Waals surface area contributed by atoms with Crippen molar-refractivity contribution in [2.45, 2.75) is 77.1 Å². The van der Waals surface area contributed by atoms with Gasteiger partial charge in [-0.25, -0.2) is 0 Å². The van der Waals surface area contributed by atoms with Crippen LogP contribution in [0.2, 0.25) is 0 Å². The van der Waals surface area contributed by atoms with Gasteiger partial charge in [-0.1, -0.05) is 18.6 Å². The van der Waals surface area contributed by atoms with E-state index in [-0.39, 0.29) is 35.7 Å². The lowest BCUT2D eigenvalue weighted by molar-refractivity contribution is -0.189. The lowest BCUT2D eigenvalue weighted by Gasteiger charge is -2.53. The molecule has 3 heterocycles. The van der Waals surface area contributed by atoms with Crippen LogP contribution in [0.15, 0.2) is 18.2 Å². The fourth-order valence-electron chi connectivity index (χ4n) is 5.53. The number of hydrogen-bond acceptors (Lipinski definition) is 5. The summed E-state index contributed by atoms with van der Waals surface area (Å²) in [6, 6.07) is 5.50. The van der Waals surface area contributed by atoms with Gasteiger partial charge in [-0.15, -0.1) is 0 Å². The van der Waals surface area contributed by atoms with Crippen LogP contribution in [0.5, 0.6) is 11.5 Å². The highest BCUT2D eigenvalue weighted by molar-refractivity contribution is 5.76. The van der Waals surface area contributed by atoms with Gasteiger partial charge in [-0.2, -0.15) is 0 Å². The van der Waals surface area contributed by atoms with E-state index in [1.807, 2.05) is 17.0 Å². The van der Waals surface area contributed by atoms with Gasteiger partial charge in [-0.05, 0) is 45.6 Å². The molecule has 1 aromatic carbocycles. The summed E-state index contributed by atoms with van der Waals surface area (Å²) in [6.45, 7) is 7.80. The number of unbranched alkanes of at least 4 members (excludes halogenated alkanes) is 2. The van der Waals surface area contributed by atoms with Crippen molar-refractivity contribution in [2.75, 3.05) is 19.6 Å². The van der Waals surface area contributed by atoms with Gasteiger partial charge in [0.05, 0.1) is 12.2 Å². The van der Waals surface area contributed by atoms with Gasteiger partial charge < -0.3 is 24.8 Å². The number of rotatable bonds is 6. The summed E-state index contributed by atoms with van der Waals surface area (Å²) in [5, 5.41) is 13.1. The Kier molecular flexibility index (Phi) is 6.65. The number of nitrogens with one attached hydrogen (secondary N) is 1. The van der Waals surface area contributed by atoms with Gasteiger partial charge in [0.1, 0.15) is 5.60 Å².